The molecule has 0 atom stereocenters. The fourth-order valence-electron chi connectivity index (χ4n) is 2.92. The van der Waals surface area contributed by atoms with Crippen LogP contribution in [0.3, 0.4) is 0 Å². The minimum atomic E-state index is 0.0219. The second-order valence-electron chi connectivity index (χ2n) is 5.69. The minimum absolute atomic E-state index is 0.0219. The van der Waals surface area contributed by atoms with Crippen LogP contribution in [0.25, 0.3) is 0 Å². The van der Waals surface area contributed by atoms with Crippen molar-refractivity contribution >= 4 is 28.5 Å². The second-order valence-corrected chi connectivity index (χ2v) is 6.94. The Morgan fingerprint density at radius 2 is 1.71 bits per heavy atom. The van der Waals surface area contributed by atoms with Gasteiger partial charge in [0.2, 0.25) is 0 Å². The van der Waals surface area contributed by atoms with Gasteiger partial charge in [0.1, 0.15) is 0 Å². The highest BCUT2D eigenvalue weighted by Gasteiger charge is 2.38. The molecule has 3 rings (SSSR count). The summed E-state index contributed by atoms with van der Waals surface area (Å²) in [5, 5.41) is 3.12. The summed E-state index contributed by atoms with van der Waals surface area (Å²) < 4.78 is 1.14. The van der Waals surface area contributed by atoms with Gasteiger partial charge in [-0.25, -0.2) is 0 Å². The summed E-state index contributed by atoms with van der Waals surface area (Å²) in [7, 11) is 0. The number of rotatable bonds is 4. The van der Waals surface area contributed by atoms with E-state index in [0.29, 0.717) is 0 Å². The van der Waals surface area contributed by atoms with Crippen molar-refractivity contribution in [2.24, 2.45) is 0 Å². The van der Waals surface area contributed by atoms with Gasteiger partial charge in [0, 0.05) is 21.1 Å². The van der Waals surface area contributed by atoms with Crippen molar-refractivity contribution in [2.75, 3.05) is 6.54 Å². The van der Waals surface area contributed by atoms with Crippen molar-refractivity contribution in [2.45, 2.75) is 24.7 Å². The fraction of sp³-hybridized carbons (Fsp3) is 0.278. The normalized spacial score (nSPS) is 16.0. The number of hydrogen-bond acceptors (Lipinski definition) is 1. The van der Waals surface area contributed by atoms with Crippen LogP contribution in [-0.2, 0) is 5.41 Å². The summed E-state index contributed by atoms with van der Waals surface area (Å²) in [6.07, 6.45) is 3.56. The van der Waals surface area contributed by atoms with E-state index in [0.717, 1.165) is 28.5 Å². The van der Waals surface area contributed by atoms with Crippen LogP contribution in [0.15, 0.2) is 54.6 Å². The lowest BCUT2D eigenvalue weighted by atomic mass is 9.64. The summed E-state index contributed by atoms with van der Waals surface area (Å²) in [4.78, 5) is 12.3. The molecule has 108 valence electrons. The van der Waals surface area contributed by atoms with Gasteiger partial charge in [-0.1, -0.05) is 36.8 Å². The van der Waals surface area contributed by atoms with Gasteiger partial charge in [-0.05, 0) is 65.3 Å². The van der Waals surface area contributed by atoms with E-state index in [2.05, 4.69) is 52.2 Å². The fourth-order valence-corrected chi connectivity index (χ4v) is 3.28. The predicted molar refractivity (Wildman–Crippen MR) is 93.5 cm³/mol. The second kappa shape index (κ2) is 6.18. The van der Waals surface area contributed by atoms with Crippen molar-refractivity contribution in [1.29, 1.82) is 0 Å². The number of carbonyl (C=O) groups is 1. The molecule has 0 aromatic heterocycles. The first kappa shape index (κ1) is 14.6. The van der Waals surface area contributed by atoms with Gasteiger partial charge < -0.3 is 5.32 Å². The van der Waals surface area contributed by atoms with Crippen molar-refractivity contribution < 1.29 is 4.79 Å². The zero-order valence-corrected chi connectivity index (χ0v) is 14.0. The SMILES string of the molecule is O=C(NCC1(c2ccccc2)CCC1)c1ccc(I)cc1. The van der Waals surface area contributed by atoms with E-state index in [1.54, 1.807) is 0 Å². The Kier molecular flexibility index (Phi) is 4.29. The first-order valence-electron chi connectivity index (χ1n) is 7.29. The number of halogens is 1. The van der Waals surface area contributed by atoms with Crippen LogP contribution in [0, 0.1) is 3.57 Å². The summed E-state index contributed by atoms with van der Waals surface area (Å²) >= 11 is 2.25. The molecule has 0 bridgehead atoms. The molecule has 0 unspecified atom stereocenters. The number of amides is 1. The average Bonchev–Trinajstić information content (AvgIpc) is 2.48. The smallest absolute Gasteiger partial charge is 0.251 e. The van der Waals surface area contributed by atoms with Crippen LogP contribution in [0.4, 0.5) is 0 Å². The Balaban J connectivity index is 1.68. The Labute approximate surface area is 139 Å². The van der Waals surface area contributed by atoms with Gasteiger partial charge in [-0.2, -0.15) is 0 Å². The van der Waals surface area contributed by atoms with E-state index in [4.69, 9.17) is 0 Å². The van der Waals surface area contributed by atoms with Crippen LogP contribution < -0.4 is 5.32 Å². The van der Waals surface area contributed by atoms with Crippen molar-refractivity contribution in [3.63, 3.8) is 0 Å². The molecule has 21 heavy (non-hydrogen) atoms. The van der Waals surface area contributed by atoms with Gasteiger partial charge in [-0.15, -0.1) is 0 Å². The van der Waals surface area contributed by atoms with Gasteiger partial charge in [0.25, 0.3) is 5.91 Å². The van der Waals surface area contributed by atoms with Gasteiger partial charge in [0.15, 0.2) is 0 Å². The highest BCUT2D eigenvalue weighted by atomic mass is 127. The van der Waals surface area contributed by atoms with E-state index < -0.39 is 0 Å². The van der Waals surface area contributed by atoms with E-state index in [1.165, 1.54) is 12.0 Å². The molecule has 3 heteroatoms. The molecule has 0 spiro atoms. The number of carbonyl (C=O) groups excluding carboxylic acids is 1. The molecule has 1 amide bonds. The van der Waals surface area contributed by atoms with Crippen molar-refractivity contribution in [1.82, 2.24) is 5.32 Å². The first-order valence-corrected chi connectivity index (χ1v) is 8.37. The lowest BCUT2D eigenvalue weighted by molar-refractivity contribution is 0.0928. The molecule has 0 heterocycles. The lowest BCUT2D eigenvalue weighted by Gasteiger charge is -2.42. The third kappa shape index (κ3) is 3.12. The molecule has 2 aromatic carbocycles. The molecule has 1 aliphatic carbocycles. The largest absolute Gasteiger partial charge is 0.351 e. The standard InChI is InChI=1S/C18H18INO/c19-16-9-7-14(8-10-16)17(21)20-13-18(11-4-12-18)15-5-2-1-3-6-15/h1-3,5-10H,4,11-13H2,(H,20,21). The highest BCUT2D eigenvalue weighted by molar-refractivity contribution is 14.1. The molecule has 1 saturated carbocycles. The van der Waals surface area contributed by atoms with Crippen LogP contribution >= 0.6 is 22.6 Å². The van der Waals surface area contributed by atoms with Gasteiger partial charge >= 0.3 is 0 Å². The molecule has 1 N–H and O–H groups in total. The molecule has 1 aliphatic rings. The third-order valence-corrected chi connectivity index (χ3v) is 5.11. The molecule has 2 aromatic rings. The molecule has 0 aliphatic heterocycles. The van der Waals surface area contributed by atoms with Crippen LogP contribution in [-0.4, -0.2) is 12.5 Å². The Morgan fingerprint density at radius 3 is 2.29 bits per heavy atom. The molecule has 0 radical (unpaired) electrons. The average molecular weight is 391 g/mol. The monoisotopic (exact) mass is 391 g/mol. The zero-order chi connectivity index (χ0) is 14.7. The summed E-state index contributed by atoms with van der Waals surface area (Å²) in [6, 6.07) is 18.2. The zero-order valence-electron chi connectivity index (χ0n) is 11.8. The van der Waals surface area contributed by atoms with Crippen LogP contribution in [0.2, 0.25) is 0 Å². The molecule has 1 fully saturated rings. The predicted octanol–water partition coefficient (Wildman–Crippen LogP) is 4.14. The molecule has 0 saturated heterocycles. The maximum atomic E-state index is 12.3. The Bertz CT molecular complexity index is 617. The minimum Gasteiger partial charge on any atom is -0.351 e. The summed E-state index contributed by atoms with van der Waals surface area (Å²) in [5.41, 5.74) is 2.22. The van der Waals surface area contributed by atoms with E-state index in [9.17, 15) is 4.79 Å². The Hall–Kier alpha value is -1.36. The molecular formula is C18H18INO. The number of nitrogens with one attached hydrogen (secondary N) is 1. The molecular weight excluding hydrogens is 373 g/mol. The number of hydrogen-bond donors (Lipinski definition) is 1. The van der Waals surface area contributed by atoms with Gasteiger partial charge in [-0.3, -0.25) is 4.79 Å². The summed E-state index contributed by atoms with van der Waals surface area (Å²) in [6.45, 7) is 0.724. The number of benzene rings is 2. The molecule has 2 nitrogen and oxygen atoms in total. The van der Waals surface area contributed by atoms with E-state index in [-0.39, 0.29) is 11.3 Å². The van der Waals surface area contributed by atoms with E-state index >= 15 is 0 Å². The maximum absolute atomic E-state index is 12.3. The van der Waals surface area contributed by atoms with Crippen LogP contribution in [0.5, 0.6) is 0 Å². The quantitative estimate of drug-likeness (QED) is 0.780. The van der Waals surface area contributed by atoms with Crippen LogP contribution in [0.1, 0.15) is 35.2 Å². The Morgan fingerprint density at radius 1 is 1.05 bits per heavy atom. The highest BCUT2D eigenvalue weighted by Crippen LogP contribution is 2.43. The van der Waals surface area contributed by atoms with Gasteiger partial charge in [0.05, 0.1) is 0 Å². The maximum Gasteiger partial charge on any atom is 0.251 e. The lowest BCUT2D eigenvalue weighted by Crippen LogP contribution is -2.45. The first-order chi connectivity index (χ1) is 10.2. The van der Waals surface area contributed by atoms with Crippen molar-refractivity contribution in [3.8, 4) is 0 Å². The third-order valence-electron chi connectivity index (χ3n) is 4.39. The van der Waals surface area contributed by atoms with Crippen molar-refractivity contribution in [3.05, 3.63) is 69.3 Å². The topological polar surface area (TPSA) is 29.1 Å². The summed E-state index contributed by atoms with van der Waals surface area (Å²) in [5.74, 6) is 0.0219. The van der Waals surface area contributed by atoms with E-state index in [1.807, 2.05) is 30.3 Å².